The molecule has 0 radical (unpaired) electrons. The molecule has 2 nitrogen and oxygen atoms in total. The van der Waals surface area contributed by atoms with Gasteiger partial charge in [-0.2, -0.15) is 0 Å². The molecule has 3 rings (SSSR count). The van der Waals surface area contributed by atoms with E-state index in [4.69, 9.17) is 11.6 Å². The number of benzene rings is 2. The van der Waals surface area contributed by atoms with Gasteiger partial charge in [-0.3, -0.25) is 4.79 Å². The second kappa shape index (κ2) is 5.74. The Labute approximate surface area is 131 Å². The predicted molar refractivity (Wildman–Crippen MR) is 86.3 cm³/mol. The summed E-state index contributed by atoms with van der Waals surface area (Å²) < 4.78 is 1.04. The fraction of sp³-hybridized carbons (Fsp3) is 0.312. The third-order valence-corrected chi connectivity index (χ3v) is 4.66. The lowest BCUT2D eigenvalue weighted by atomic mass is 10.1. The summed E-state index contributed by atoms with van der Waals surface area (Å²) in [6, 6.07) is 11.8. The number of rotatable bonds is 4. The fourth-order valence-electron chi connectivity index (χ4n) is 2.27. The Morgan fingerprint density at radius 3 is 2.70 bits per heavy atom. The minimum atomic E-state index is -0.0545. The predicted octanol–water partition coefficient (Wildman–Crippen LogP) is 4.35. The third kappa shape index (κ3) is 3.15. The first kappa shape index (κ1) is 13.9. The second-order valence-electron chi connectivity index (χ2n) is 5.27. The fourth-order valence-corrected chi connectivity index (χ4v) is 2.98. The van der Waals surface area contributed by atoms with Crippen molar-refractivity contribution in [2.75, 3.05) is 6.54 Å². The van der Waals surface area contributed by atoms with Crippen molar-refractivity contribution in [3.05, 3.63) is 46.4 Å². The average molecular weight is 353 g/mol. The zero-order valence-electron chi connectivity index (χ0n) is 10.9. The molecule has 1 amide bonds. The van der Waals surface area contributed by atoms with E-state index in [0.29, 0.717) is 18.0 Å². The van der Waals surface area contributed by atoms with Gasteiger partial charge in [-0.25, -0.2) is 0 Å². The highest BCUT2D eigenvalue weighted by Gasteiger charge is 2.29. The van der Waals surface area contributed by atoms with Crippen LogP contribution in [0.15, 0.2) is 40.9 Å². The molecule has 0 bridgehead atoms. The molecule has 1 aliphatic carbocycles. The molecule has 0 saturated heterocycles. The first-order valence-electron chi connectivity index (χ1n) is 6.75. The minimum Gasteiger partial charge on any atom is -0.351 e. The molecule has 2 aromatic rings. The quantitative estimate of drug-likeness (QED) is 0.814. The smallest absolute Gasteiger partial charge is 0.251 e. The summed E-state index contributed by atoms with van der Waals surface area (Å²) in [5.41, 5.74) is 0.680. The summed E-state index contributed by atoms with van der Waals surface area (Å²) in [5.74, 6) is 0.534. The summed E-state index contributed by atoms with van der Waals surface area (Å²) in [6.07, 6.45) is 2.38. The molecule has 2 aromatic carbocycles. The first-order chi connectivity index (χ1) is 9.63. The van der Waals surface area contributed by atoms with Crippen molar-refractivity contribution in [2.24, 2.45) is 5.92 Å². The van der Waals surface area contributed by atoms with Gasteiger partial charge >= 0.3 is 0 Å². The van der Waals surface area contributed by atoms with Crippen molar-refractivity contribution in [3.63, 3.8) is 0 Å². The number of amides is 1. The van der Waals surface area contributed by atoms with E-state index in [0.717, 1.165) is 15.2 Å². The lowest BCUT2D eigenvalue weighted by molar-refractivity contribution is 0.0953. The van der Waals surface area contributed by atoms with Gasteiger partial charge in [0.1, 0.15) is 0 Å². The lowest BCUT2D eigenvalue weighted by Crippen LogP contribution is -2.30. The van der Waals surface area contributed by atoms with Crippen LogP contribution in [0.5, 0.6) is 0 Å². The van der Waals surface area contributed by atoms with Gasteiger partial charge in [-0.05, 0) is 53.8 Å². The van der Waals surface area contributed by atoms with Crippen molar-refractivity contribution in [1.82, 2.24) is 5.32 Å². The average Bonchev–Trinajstić information content (AvgIpc) is 3.28. The Morgan fingerprint density at radius 2 is 1.95 bits per heavy atom. The van der Waals surface area contributed by atoms with Crippen LogP contribution in [0.1, 0.15) is 23.2 Å². The molecule has 0 aromatic heterocycles. The third-order valence-electron chi connectivity index (χ3n) is 3.66. The second-order valence-corrected chi connectivity index (χ2v) is 6.75. The minimum absolute atomic E-state index is 0.0545. The molecule has 1 atom stereocenters. The Morgan fingerprint density at radius 1 is 1.25 bits per heavy atom. The van der Waals surface area contributed by atoms with Crippen LogP contribution >= 0.6 is 27.5 Å². The monoisotopic (exact) mass is 351 g/mol. The van der Waals surface area contributed by atoms with Crippen LogP contribution in [0.25, 0.3) is 10.8 Å². The maximum absolute atomic E-state index is 12.1. The van der Waals surface area contributed by atoms with E-state index in [2.05, 4.69) is 21.2 Å². The van der Waals surface area contributed by atoms with Crippen molar-refractivity contribution in [1.29, 1.82) is 0 Å². The highest BCUT2D eigenvalue weighted by atomic mass is 79.9. The molecule has 1 N–H and O–H groups in total. The highest BCUT2D eigenvalue weighted by molar-refractivity contribution is 9.10. The van der Waals surface area contributed by atoms with Crippen molar-refractivity contribution in [2.45, 2.75) is 18.2 Å². The largest absolute Gasteiger partial charge is 0.351 e. The first-order valence-corrected chi connectivity index (χ1v) is 7.98. The van der Waals surface area contributed by atoms with Crippen LogP contribution < -0.4 is 5.32 Å². The number of halogens is 2. The molecular weight excluding hydrogens is 338 g/mol. The van der Waals surface area contributed by atoms with Crippen LogP contribution in [-0.2, 0) is 0 Å². The van der Waals surface area contributed by atoms with Gasteiger partial charge in [0, 0.05) is 16.6 Å². The summed E-state index contributed by atoms with van der Waals surface area (Å²) >= 11 is 9.65. The summed E-state index contributed by atoms with van der Waals surface area (Å²) in [7, 11) is 0. The number of hydrogen-bond donors (Lipinski definition) is 1. The Bertz CT molecular complexity index is 654. The molecule has 104 valence electrons. The maximum Gasteiger partial charge on any atom is 0.251 e. The number of alkyl halides is 1. The Kier molecular flexibility index (Phi) is 3.99. The SMILES string of the molecule is O=C(NCC(Cl)C1CC1)c1ccc2cc(Br)ccc2c1. The van der Waals surface area contributed by atoms with Crippen LogP contribution in [0, 0.1) is 5.92 Å². The van der Waals surface area contributed by atoms with Gasteiger partial charge in [-0.15, -0.1) is 11.6 Å². The number of fused-ring (bicyclic) bond motifs is 1. The van der Waals surface area contributed by atoms with Crippen LogP contribution in [0.3, 0.4) is 0 Å². The summed E-state index contributed by atoms with van der Waals surface area (Å²) in [4.78, 5) is 12.1. The van der Waals surface area contributed by atoms with Crippen LogP contribution in [0.4, 0.5) is 0 Å². The normalized spacial score (nSPS) is 16.1. The van der Waals surface area contributed by atoms with E-state index in [1.165, 1.54) is 12.8 Å². The van der Waals surface area contributed by atoms with E-state index in [9.17, 15) is 4.79 Å². The molecule has 1 fully saturated rings. The van der Waals surface area contributed by atoms with Gasteiger partial charge in [0.2, 0.25) is 0 Å². The van der Waals surface area contributed by atoms with Gasteiger partial charge in [0.05, 0.1) is 5.38 Å². The number of nitrogens with one attached hydrogen (secondary N) is 1. The maximum atomic E-state index is 12.1. The van der Waals surface area contributed by atoms with Gasteiger partial charge in [0.25, 0.3) is 5.91 Å². The van der Waals surface area contributed by atoms with Gasteiger partial charge < -0.3 is 5.32 Å². The molecule has 4 heteroatoms. The Hall–Kier alpha value is -1.06. The van der Waals surface area contributed by atoms with E-state index >= 15 is 0 Å². The standard InChI is InChI=1S/C16H15BrClNO/c17-14-6-5-11-7-13(4-3-12(11)8-14)16(20)19-9-15(18)10-1-2-10/h3-8,10,15H,1-2,9H2,(H,19,20). The molecule has 0 aliphatic heterocycles. The van der Waals surface area contributed by atoms with Crippen molar-refractivity contribution >= 4 is 44.2 Å². The number of carbonyl (C=O) groups excluding carboxylic acids is 1. The molecule has 20 heavy (non-hydrogen) atoms. The van der Waals surface area contributed by atoms with E-state index in [-0.39, 0.29) is 11.3 Å². The van der Waals surface area contributed by atoms with Crippen molar-refractivity contribution in [3.8, 4) is 0 Å². The molecule has 0 heterocycles. The highest BCUT2D eigenvalue weighted by Crippen LogP contribution is 2.35. The molecule has 0 spiro atoms. The van der Waals surface area contributed by atoms with E-state index in [1.54, 1.807) is 0 Å². The summed E-state index contributed by atoms with van der Waals surface area (Å²) in [6.45, 7) is 0.545. The summed E-state index contributed by atoms with van der Waals surface area (Å²) in [5, 5.41) is 5.16. The zero-order valence-corrected chi connectivity index (χ0v) is 13.2. The van der Waals surface area contributed by atoms with Gasteiger partial charge in [0.15, 0.2) is 0 Å². The molecule has 1 saturated carbocycles. The number of carbonyl (C=O) groups is 1. The molecule has 1 unspecified atom stereocenters. The topological polar surface area (TPSA) is 29.1 Å². The zero-order chi connectivity index (χ0) is 14.1. The molecule has 1 aliphatic rings. The van der Waals surface area contributed by atoms with E-state index in [1.807, 2.05) is 36.4 Å². The molecular formula is C16H15BrClNO. The van der Waals surface area contributed by atoms with Gasteiger partial charge in [-0.1, -0.05) is 28.1 Å². The van der Waals surface area contributed by atoms with E-state index < -0.39 is 0 Å². The number of hydrogen-bond acceptors (Lipinski definition) is 1. The Balaban J connectivity index is 1.72. The van der Waals surface area contributed by atoms with Crippen molar-refractivity contribution < 1.29 is 4.79 Å². The van der Waals surface area contributed by atoms with Crippen LogP contribution in [0.2, 0.25) is 0 Å². The van der Waals surface area contributed by atoms with Crippen LogP contribution in [-0.4, -0.2) is 17.8 Å². The lowest BCUT2D eigenvalue weighted by Gasteiger charge is -2.10.